The molecule has 5 heteroatoms. The maximum absolute atomic E-state index is 11.9. The second kappa shape index (κ2) is 4.07. The lowest BCUT2D eigenvalue weighted by molar-refractivity contribution is -0.118. The molecule has 0 aliphatic heterocycles. The second-order valence-corrected chi connectivity index (χ2v) is 5.86. The van der Waals surface area contributed by atoms with E-state index in [9.17, 15) is 9.90 Å². The van der Waals surface area contributed by atoms with Crippen LogP contribution in [0.1, 0.15) is 20.3 Å². The molecule has 1 aliphatic carbocycles. The molecule has 2 rings (SSSR count). The number of anilines is 1. The minimum absolute atomic E-state index is 0.0142. The number of hydrogen-bond acceptors (Lipinski definition) is 2. The summed E-state index contributed by atoms with van der Waals surface area (Å²) >= 11 is 11.6. The van der Waals surface area contributed by atoms with Crippen LogP contribution in [0.2, 0.25) is 10.0 Å². The molecule has 1 aromatic rings. The number of aromatic hydroxyl groups is 1. The molecule has 1 amide bonds. The first-order valence-electron chi connectivity index (χ1n) is 5.30. The Hall–Kier alpha value is -0.930. The summed E-state index contributed by atoms with van der Waals surface area (Å²) in [6, 6.07) is 2.91. The fraction of sp³-hybridized carbons (Fsp3) is 0.417. The molecule has 1 unspecified atom stereocenters. The summed E-state index contributed by atoms with van der Waals surface area (Å²) in [7, 11) is 0. The van der Waals surface area contributed by atoms with Crippen LogP contribution in [0.25, 0.3) is 0 Å². The SMILES string of the molecule is CC1(C)CC1C(=O)Nc1cc(Cl)cc(Cl)c1O. The van der Waals surface area contributed by atoms with Gasteiger partial charge in [-0.25, -0.2) is 0 Å². The van der Waals surface area contributed by atoms with Crippen molar-refractivity contribution in [3.05, 3.63) is 22.2 Å². The molecule has 0 heterocycles. The fourth-order valence-electron chi connectivity index (χ4n) is 1.80. The Kier molecular flexibility index (Phi) is 3.00. The van der Waals surface area contributed by atoms with Gasteiger partial charge in [-0.15, -0.1) is 0 Å². The van der Waals surface area contributed by atoms with Crippen LogP contribution in [0, 0.1) is 11.3 Å². The molecular formula is C12H13Cl2NO2. The highest BCUT2D eigenvalue weighted by Crippen LogP contribution is 2.52. The van der Waals surface area contributed by atoms with Gasteiger partial charge in [-0.3, -0.25) is 4.79 Å². The van der Waals surface area contributed by atoms with Gasteiger partial charge in [-0.2, -0.15) is 0 Å². The van der Waals surface area contributed by atoms with E-state index in [0.717, 1.165) is 6.42 Å². The zero-order valence-electron chi connectivity index (χ0n) is 9.55. The average molecular weight is 274 g/mol. The molecule has 0 radical (unpaired) electrons. The van der Waals surface area contributed by atoms with Crippen LogP contribution in [0.4, 0.5) is 5.69 Å². The summed E-state index contributed by atoms with van der Waals surface area (Å²) in [5.74, 6) is -0.272. The van der Waals surface area contributed by atoms with Crippen LogP contribution in [-0.4, -0.2) is 11.0 Å². The van der Waals surface area contributed by atoms with Gasteiger partial charge in [-0.1, -0.05) is 37.0 Å². The van der Waals surface area contributed by atoms with Crippen molar-refractivity contribution in [3.63, 3.8) is 0 Å². The minimum atomic E-state index is -0.150. The summed E-state index contributed by atoms with van der Waals surface area (Å²) in [5.41, 5.74) is 0.303. The Morgan fingerprint density at radius 3 is 2.59 bits per heavy atom. The number of carbonyl (C=O) groups is 1. The molecule has 3 nitrogen and oxygen atoms in total. The lowest BCUT2D eigenvalue weighted by atomic mass is 10.1. The van der Waals surface area contributed by atoms with Crippen molar-refractivity contribution in [1.82, 2.24) is 0 Å². The van der Waals surface area contributed by atoms with Gasteiger partial charge in [0.05, 0.1) is 10.7 Å². The summed E-state index contributed by atoms with van der Waals surface area (Å²) in [6.45, 7) is 4.06. The third-order valence-electron chi connectivity index (χ3n) is 3.12. The van der Waals surface area contributed by atoms with E-state index in [1.807, 2.05) is 13.8 Å². The predicted molar refractivity (Wildman–Crippen MR) is 68.6 cm³/mol. The summed E-state index contributed by atoms with van der Waals surface area (Å²) in [4.78, 5) is 11.9. The second-order valence-electron chi connectivity index (χ2n) is 5.02. The fourth-order valence-corrected chi connectivity index (χ4v) is 2.29. The van der Waals surface area contributed by atoms with Crippen LogP contribution >= 0.6 is 23.2 Å². The van der Waals surface area contributed by atoms with Gasteiger partial charge in [0.25, 0.3) is 0 Å². The first-order valence-corrected chi connectivity index (χ1v) is 6.06. The Morgan fingerprint density at radius 1 is 1.47 bits per heavy atom. The number of benzene rings is 1. The van der Waals surface area contributed by atoms with Crippen LogP contribution in [0.3, 0.4) is 0 Å². The Morgan fingerprint density at radius 2 is 2.06 bits per heavy atom. The molecule has 1 saturated carbocycles. The molecule has 0 spiro atoms. The van der Waals surface area contributed by atoms with Crippen LogP contribution in [-0.2, 0) is 4.79 Å². The molecule has 1 aliphatic rings. The normalized spacial score (nSPS) is 21.1. The Balaban J connectivity index is 2.17. The van der Waals surface area contributed by atoms with E-state index in [-0.39, 0.29) is 33.7 Å². The number of halogens is 2. The third-order valence-corrected chi connectivity index (χ3v) is 3.62. The van der Waals surface area contributed by atoms with E-state index >= 15 is 0 Å². The first kappa shape index (κ1) is 12.5. The maximum atomic E-state index is 11.9. The van der Waals surface area contributed by atoms with Crippen molar-refractivity contribution in [2.45, 2.75) is 20.3 Å². The van der Waals surface area contributed by atoms with Gasteiger partial charge in [0.2, 0.25) is 5.91 Å². The van der Waals surface area contributed by atoms with E-state index in [0.29, 0.717) is 5.02 Å². The highest BCUT2D eigenvalue weighted by atomic mass is 35.5. The molecule has 92 valence electrons. The van der Waals surface area contributed by atoms with Gasteiger partial charge in [0, 0.05) is 10.9 Å². The molecule has 0 aromatic heterocycles. The van der Waals surface area contributed by atoms with Gasteiger partial charge in [-0.05, 0) is 24.0 Å². The van der Waals surface area contributed by atoms with Crippen molar-refractivity contribution < 1.29 is 9.90 Å². The summed E-state index contributed by atoms with van der Waals surface area (Å²) in [5, 5.41) is 12.9. The number of rotatable bonds is 2. The predicted octanol–water partition coefficient (Wildman–Crippen LogP) is 3.68. The molecule has 17 heavy (non-hydrogen) atoms. The molecule has 0 bridgehead atoms. The van der Waals surface area contributed by atoms with E-state index in [4.69, 9.17) is 23.2 Å². The van der Waals surface area contributed by atoms with Gasteiger partial charge in [0.15, 0.2) is 5.75 Å². The molecule has 1 atom stereocenters. The van der Waals surface area contributed by atoms with Crippen molar-refractivity contribution in [3.8, 4) is 5.75 Å². The lowest BCUT2D eigenvalue weighted by Gasteiger charge is -2.10. The van der Waals surface area contributed by atoms with Crippen molar-refractivity contribution >= 4 is 34.8 Å². The van der Waals surface area contributed by atoms with Crippen molar-refractivity contribution in [2.75, 3.05) is 5.32 Å². The topological polar surface area (TPSA) is 49.3 Å². The Bertz CT molecular complexity index is 486. The number of amides is 1. The third kappa shape index (κ3) is 2.50. The van der Waals surface area contributed by atoms with Gasteiger partial charge in [0.1, 0.15) is 0 Å². The highest BCUT2D eigenvalue weighted by molar-refractivity contribution is 6.36. The van der Waals surface area contributed by atoms with E-state index in [1.54, 1.807) is 0 Å². The summed E-state index contributed by atoms with van der Waals surface area (Å²) < 4.78 is 0. The Labute approximate surface area is 110 Å². The standard InChI is InChI=1S/C12H13Cl2NO2/c1-12(2)5-7(12)11(17)15-9-4-6(13)3-8(14)10(9)16/h3-4,7,16H,5H2,1-2H3,(H,15,17). The zero-order chi connectivity index (χ0) is 12.8. The van der Waals surface area contributed by atoms with Crippen LogP contribution in [0.15, 0.2) is 12.1 Å². The first-order chi connectivity index (χ1) is 7.81. The van der Waals surface area contributed by atoms with E-state index < -0.39 is 0 Å². The number of phenolic OH excluding ortho intramolecular Hbond substituents is 1. The van der Waals surface area contributed by atoms with Gasteiger partial charge < -0.3 is 10.4 Å². The molecule has 1 fully saturated rings. The lowest BCUT2D eigenvalue weighted by Crippen LogP contribution is -2.16. The quantitative estimate of drug-likeness (QED) is 0.808. The van der Waals surface area contributed by atoms with E-state index in [1.165, 1.54) is 12.1 Å². The van der Waals surface area contributed by atoms with Crippen LogP contribution in [0.5, 0.6) is 5.75 Å². The zero-order valence-corrected chi connectivity index (χ0v) is 11.1. The number of phenols is 1. The number of carbonyl (C=O) groups excluding carboxylic acids is 1. The summed E-state index contributed by atoms with van der Waals surface area (Å²) in [6.07, 6.45) is 0.855. The van der Waals surface area contributed by atoms with Gasteiger partial charge >= 0.3 is 0 Å². The smallest absolute Gasteiger partial charge is 0.228 e. The van der Waals surface area contributed by atoms with Crippen LogP contribution < -0.4 is 5.32 Å². The number of nitrogens with one attached hydrogen (secondary N) is 1. The monoisotopic (exact) mass is 273 g/mol. The molecule has 0 saturated heterocycles. The molecule has 2 N–H and O–H groups in total. The number of hydrogen-bond donors (Lipinski definition) is 2. The van der Waals surface area contributed by atoms with E-state index in [2.05, 4.69) is 5.32 Å². The maximum Gasteiger partial charge on any atom is 0.228 e. The highest BCUT2D eigenvalue weighted by Gasteiger charge is 2.50. The molecular weight excluding hydrogens is 261 g/mol. The van der Waals surface area contributed by atoms with Crippen molar-refractivity contribution in [2.24, 2.45) is 11.3 Å². The largest absolute Gasteiger partial charge is 0.504 e. The van der Waals surface area contributed by atoms with Crippen molar-refractivity contribution in [1.29, 1.82) is 0 Å². The average Bonchev–Trinajstić information content (AvgIpc) is 2.83. The minimum Gasteiger partial charge on any atom is -0.504 e. The molecule has 1 aromatic carbocycles.